The van der Waals surface area contributed by atoms with Gasteiger partial charge in [-0.1, -0.05) is 26.7 Å². The van der Waals surface area contributed by atoms with Crippen molar-refractivity contribution in [2.45, 2.75) is 52.1 Å². The standard InChI is InChI=1S/C24H26F3N3O2S/c1-3-5-6-13-32-21-11-10-18(14-19(21)24(25,26)27)30(22(31)8-4-2)23-29-20(16-33-23)17-9-7-12-28-15-17/h7,9-12,14-16H,3-6,8,13H2,1-2H3. The number of alkyl halides is 3. The lowest BCUT2D eigenvalue weighted by atomic mass is 10.1. The summed E-state index contributed by atoms with van der Waals surface area (Å²) < 4.78 is 47.0. The third-order valence-corrected chi connectivity index (χ3v) is 5.71. The number of hydrogen-bond acceptors (Lipinski definition) is 5. The average molecular weight is 478 g/mol. The second kappa shape index (κ2) is 11.3. The Morgan fingerprint density at radius 3 is 2.64 bits per heavy atom. The van der Waals surface area contributed by atoms with Gasteiger partial charge in [0.1, 0.15) is 5.75 Å². The van der Waals surface area contributed by atoms with E-state index in [0.29, 0.717) is 23.7 Å². The predicted molar refractivity (Wildman–Crippen MR) is 124 cm³/mol. The van der Waals surface area contributed by atoms with E-state index in [9.17, 15) is 18.0 Å². The van der Waals surface area contributed by atoms with Crippen LogP contribution in [0.1, 0.15) is 51.5 Å². The molecule has 0 unspecified atom stereocenters. The first-order chi connectivity index (χ1) is 15.8. The van der Waals surface area contributed by atoms with E-state index in [0.717, 1.165) is 24.5 Å². The summed E-state index contributed by atoms with van der Waals surface area (Å²) in [5.74, 6) is -0.560. The molecule has 0 aliphatic carbocycles. The third kappa shape index (κ3) is 6.31. The van der Waals surface area contributed by atoms with Crippen LogP contribution in [0.5, 0.6) is 5.75 Å². The zero-order valence-electron chi connectivity index (χ0n) is 18.6. The minimum atomic E-state index is -4.63. The fraction of sp³-hybridized carbons (Fsp3) is 0.375. The first-order valence-corrected chi connectivity index (χ1v) is 11.8. The number of thiazole rings is 1. The summed E-state index contributed by atoms with van der Waals surface area (Å²) in [7, 11) is 0. The average Bonchev–Trinajstić information content (AvgIpc) is 3.27. The van der Waals surface area contributed by atoms with Crippen LogP contribution in [0, 0.1) is 0 Å². The Labute approximate surface area is 195 Å². The van der Waals surface area contributed by atoms with Crippen molar-refractivity contribution in [3.8, 4) is 17.0 Å². The van der Waals surface area contributed by atoms with Gasteiger partial charge in [-0.15, -0.1) is 11.3 Å². The summed E-state index contributed by atoms with van der Waals surface area (Å²) >= 11 is 1.19. The molecule has 33 heavy (non-hydrogen) atoms. The second-order valence-corrected chi connectivity index (χ2v) is 8.31. The smallest absolute Gasteiger partial charge is 0.420 e. The Kier molecular flexibility index (Phi) is 8.43. The van der Waals surface area contributed by atoms with E-state index in [-0.39, 0.29) is 30.4 Å². The minimum absolute atomic E-state index is 0.105. The van der Waals surface area contributed by atoms with Crippen molar-refractivity contribution >= 4 is 28.1 Å². The lowest BCUT2D eigenvalue weighted by Gasteiger charge is -2.22. The number of rotatable bonds is 10. The van der Waals surface area contributed by atoms with Crippen LogP contribution >= 0.6 is 11.3 Å². The first-order valence-electron chi connectivity index (χ1n) is 10.9. The summed E-state index contributed by atoms with van der Waals surface area (Å²) in [6.45, 7) is 4.05. The van der Waals surface area contributed by atoms with Gasteiger partial charge in [0, 0.05) is 29.8 Å². The summed E-state index contributed by atoms with van der Waals surface area (Å²) in [5.41, 5.74) is 0.558. The Balaban J connectivity index is 1.99. The maximum absolute atomic E-state index is 13.8. The third-order valence-electron chi connectivity index (χ3n) is 4.89. The highest BCUT2D eigenvalue weighted by Crippen LogP contribution is 2.41. The lowest BCUT2D eigenvalue weighted by Crippen LogP contribution is -2.26. The molecule has 0 radical (unpaired) electrons. The highest BCUT2D eigenvalue weighted by molar-refractivity contribution is 7.14. The van der Waals surface area contributed by atoms with Gasteiger partial charge >= 0.3 is 6.18 Å². The quantitative estimate of drug-likeness (QED) is 0.288. The molecular weight excluding hydrogens is 451 g/mol. The van der Waals surface area contributed by atoms with Gasteiger partial charge in [0.15, 0.2) is 5.13 Å². The maximum Gasteiger partial charge on any atom is 0.420 e. The van der Waals surface area contributed by atoms with Crippen LogP contribution in [0.4, 0.5) is 24.0 Å². The molecule has 2 heterocycles. The molecule has 2 aromatic heterocycles. The molecule has 3 aromatic rings. The Hall–Kier alpha value is -2.94. The van der Waals surface area contributed by atoms with Crippen molar-refractivity contribution in [1.29, 1.82) is 0 Å². The molecule has 1 amide bonds. The molecule has 0 atom stereocenters. The summed E-state index contributed by atoms with van der Waals surface area (Å²) in [6, 6.07) is 7.32. The largest absolute Gasteiger partial charge is 0.493 e. The van der Waals surface area contributed by atoms with Crippen LogP contribution in [0.15, 0.2) is 48.1 Å². The Bertz CT molecular complexity index is 1050. The van der Waals surface area contributed by atoms with Crippen molar-refractivity contribution in [3.05, 3.63) is 53.7 Å². The first kappa shape index (κ1) is 24.7. The molecule has 0 aliphatic heterocycles. The van der Waals surface area contributed by atoms with Crippen molar-refractivity contribution < 1.29 is 22.7 Å². The summed E-state index contributed by atoms with van der Waals surface area (Å²) in [4.78, 5) is 22.8. The molecule has 3 rings (SSSR count). The number of unbranched alkanes of at least 4 members (excludes halogenated alkanes) is 2. The van der Waals surface area contributed by atoms with Crippen molar-refractivity contribution in [3.63, 3.8) is 0 Å². The number of anilines is 2. The molecule has 0 N–H and O–H groups in total. The van der Waals surface area contributed by atoms with Crippen LogP contribution in [0.25, 0.3) is 11.3 Å². The fourth-order valence-corrected chi connectivity index (χ4v) is 4.11. The van der Waals surface area contributed by atoms with E-state index in [1.807, 2.05) is 19.9 Å². The van der Waals surface area contributed by atoms with Crippen molar-refractivity contribution in [2.75, 3.05) is 11.5 Å². The predicted octanol–water partition coefficient (Wildman–Crippen LogP) is 7.26. The van der Waals surface area contributed by atoms with Crippen LogP contribution in [-0.4, -0.2) is 22.5 Å². The number of amides is 1. The number of pyridine rings is 1. The summed E-state index contributed by atoms with van der Waals surface area (Å²) in [5, 5.41) is 2.06. The molecule has 0 spiro atoms. The molecule has 0 fully saturated rings. The van der Waals surface area contributed by atoms with Crippen LogP contribution in [0.3, 0.4) is 0 Å². The second-order valence-electron chi connectivity index (χ2n) is 7.47. The Morgan fingerprint density at radius 2 is 1.97 bits per heavy atom. The number of halogens is 3. The molecule has 0 bridgehead atoms. The lowest BCUT2D eigenvalue weighted by molar-refractivity contribution is -0.139. The molecule has 1 aromatic carbocycles. The zero-order valence-corrected chi connectivity index (χ0v) is 19.4. The van der Waals surface area contributed by atoms with Gasteiger partial charge in [0.2, 0.25) is 5.91 Å². The molecule has 9 heteroatoms. The number of carbonyl (C=O) groups is 1. The number of hydrogen-bond donors (Lipinski definition) is 0. The zero-order chi connectivity index (χ0) is 23.8. The van der Waals surface area contributed by atoms with Gasteiger partial charge in [0.05, 0.1) is 23.6 Å². The van der Waals surface area contributed by atoms with Crippen LogP contribution in [0.2, 0.25) is 0 Å². The maximum atomic E-state index is 13.8. The highest BCUT2D eigenvalue weighted by Gasteiger charge is 2.36. The molecule has 0 aliphatic rings. The van der Waals surface area contributed by atoms with Crippen molar-refractivity contribution in [2.24, 2.45) is 0 Å². The monoisotopic (exact) mass is 477 g/mol. The van der Waals surface area contributed by atoms with Crippen LogP contribution < -0.4 is 9.64 Å². The van der Waals surface area contributed by atoms with E-state index in [2.05, 4.69) is 9.97 Å². The van der Waals surface area contributed by atoms with Gasteiger partial charge in [-0.05, 0) is 43.2 Å². The van der Waals surface area contributed by atoms with Gasteiger partial charge in [0.25, 0.3) is 0 Å². The van der Waals surface area contributed by atoms with Gasteiger partial charge in [-0.25, -0.2) is 4.98 Å². The number of nitrogens with zero attached hydrogens (tertiary/aromatic N) is 3. The molecule has 176 valence electrons. The molecule has 5 nitrogen and oxygen atoms in total. The highest BCUT2D eigenvalue weighted by atomic mass is 32.1. The molecule has 0 saturated heterocycles. The number of carbonyl (C=O) groups excluding carboxylic acids is 1. The SMILES string of the molecule is CCCCCOc1ccc(N(C(=O)CCC)c2nc(-c3cccnc3)cs2)cc1C(F)(F)F. The van der Waals surface area contributed by atoms with E-state index in [1.54, 1.807) is 23.8 Å². The molecule has 0 saturated carbocycles. The van der Waals surface area contributed by atoms with Crippen molar-refractivity contribution in [1.82, 2.24) is 9.97 Å². The summed E-state index contributed by atoms with van der Waals surface area (Å²) in [6.07, 6.45) is 1.88. The number of benzene rings is 1. The van der Waals surface area contributed by atoms with Gasteiger partial charge in [-0.2, -0.15) is 13.2 Å². The van der Waals surface area contributed by atoms with E-state index in [1.165, 1.54) is 28.4 Å². The van der Waals surface area contributed by atoms with Gasteiger partial charge in [-0.3, -0.25) is 14.7 Å². The topological polar surface area (TPSA) is 55.3 Å². The Morgan fingerprint density at radius 1 is 1.15 bits per heavy atom. The number of aromatic nitrogens is 2. The van der Waals surface area contributed by atoms with E-state index >= 15 is 0 Å². The van der Waals surface area contributed by atoms with Crippen LogP contribution in [-0.2, 0) is 11.0 Å². The van der Waals surface area contributed by atoms with E-state index in [4.69, 9.17) is 4.74 Å². The minimum Gasteiger partial charge on any atom is -0.493 e. The fourth-order valence-electron chi connectivity index (χ4n) is 3.24. The van der Waals surface area contributed by atoms with E-state index < -0.39 is 11.7 Å². The molecular formula is C24H26F3N3O2S. The van der Waals surface area contributed by atoms with Gasteiger partial charge < -0.3 is 4.74 Å². The normalized spacial score (nSPS) is 11.4. The number of ether oxygens (including phenoxy) is 1.